The van der Waals surface area contributed by atoms with Gasteiger partial charge in [0.05, 0.1) is 11.1 Å². The first-order chi connectivity index (χ1) is 15.2. The molecular weight excluding hydrogens is 435 g/mol. The third-order valence-electron chi connectivity index (χ3n) is 5.81. The number of aryl methyl sites for hydroxylation is 1. The predicted octanol–water partition coefficient (Wildman–Crippen LogP) is 4.36. The van der Waals surface area contributed by atoms with Crippen molar-refractivity contribution in [3.8, 4) is 5.75 Å². The van der Waals surface area contributed by atoms with Crippen molar-refractivity contribution >= 4 is 44.9 Å². The summed E-state index contributed by atoms with van der Waals surface area (Å²) in [7, 11) is 1.78. The van der Waals surface area contributed by atoms with Gasteiger partial charge in [0.15, 0.2) is 0 Å². The Labute approximate surface area is 188 Å². The lowest BCUT2D eigenvalue weighted by Gasteiger charge is -2.23. The SMILES string of the molecule is CC(=O)N(C)C1CCC(Oc2cc(F)ccc2Nc2ncnc3sc(C(=O)O)c(C)c23)C1. The molecule has 1 fully saturated rings. The topological polar surface area (TPSA) is 105 Å². The van der Waals surface area contributed by atoms with Crippen LogP contribution in [0.15, 0.2) is 24.5 Å². The number of thiophene rings is 1. The number of ether oxygens (including phenoxy) is 1. The number of hydrogen-bond donors (Lipinski definition) is 2. The van der Waals surface area contributed by atoms with Gasteiger partial charge in [-0.3, -0.25) is 4.79 Å². The fraction of sp³-hybridized carbons (Fsp3) is 0.364. The number of carboxylic acid groups (broad SMARTS) is 1. The van der Waals surface area contributed by atoms with Crippen molar-refractivity contribution in [3.05, 3.63) is 40.8 Å². The number of anilines is 2. The number of carbonyl (C=O) groups excluding carboxylic acids is 1. The molecule has 1 amide bonds. The molecule has 2 heterocycles. The van der Waals surface area contributed by atoms with E-state index in [9.17, 15) is 19.1 Å². The van der Waals surface area contributed by atoms with E-state index < -0.39 is 11.8 Å². The summed E-state index contributed by atoms with van der Waals surface area (Å²) in [5, 5.41) is 13.2. The Balaban J connectivity index is 1.61. The van der Waals surface area contributed by atoms with Crippen LogP contribution < -0.4 is 10.1 Å². The second kappa shape index (κ2) is 8.70. The van der Waals surface area contributed by atoms with Crippen LogP contribution in [0.3, 0.4) is 0 Å². The average molecular weight is 459 g/mol. The van der Waals surface area contributed by atoms with Gasteiger partial charge in [-0.05, 0) is 37.5 Å². The number of benzene rings is 1. The number of nitrogens with one attached hydrogen (secondary N) is 1. The van der Waals surface area contributed by atoms with Crippen LogP contribution in [0.4, 0.5) is 15.9 Å². The summed E-state index contributed by atoms with van der Waals surface area (Å²) in [6.45, 7) is 3.25. The van der Waals surface area contributed by atoms with E-state index >= 15 is 0 Å². The monoisotopic (exact) mass is 458 g/mol. The zero-order chi connectivity index (χ0) is 23.0. The fourth-order valence-electron chi connectivity index (χ4n) is 4.01. The number of rotatable bonds is 6. The number of aromatic carboxylic acids is 1. The van der Waals surface area contributed by atoms with E-state index in [4.69, 9.17) is 4.74 Å². The molecule has 0 radical (unpaired) electrons. The summed E-state index contributed by atoms with van der Waals surface area (Å²) in [6, 6.07) is 4.28. The van der Waals surface area contributed by atoms with Crippen LogP contribution in [0.1, 0.15) is 41.4 Å². The molecule has 32 heavy (non-hydrogen) atoms. The van der Waals surface area contributed by atoms with Crippen LogP contribution in [0.5, 0.6) is 5.75 Å². The summed E-state index contributed by atoms with van der Waals surface area (Å²) in [4.78, 5) is 34.1. The standard InChI is InChI=1S/C22H23FN4O4S/c1-11-18-20(24-10-25-21(18)32-19(11)22(29)30)26-16-7-4-13(23)8-17(16)31-15-6-5-14(9-15)27(3)12(2)28/h4,7-8,10,14-15H,5-6,9H2,1-3H3,(H,29,30)(H,24,25,26). The summed E-state index contributed by atoms with van der Waals surface area (Å²) >= 11 is 1.08. The molecule has 1 aliphatic rings. The van der Waals surface area contributed by atoms with Gasteiger partial charge in [-0.2, -0.15) is 0 Å². The molecule has 0 aliphatic heterocycles. The van der Waals surface area contributed by atoms with Crippen molar-refractivity contribution in [3.63, 3.8) is 0 Å². The molecule has 0 bridgehead atoms. The number of nitrogens with zero attached hydrogens (tertiary/aromatic N) is 3. The molecule has 4 rings (SSSR count). The molecule has 1 aliphatic carbocycles. The molecule has 1 aromatic carbocycles. The smallest absolute Gasteiger partial charge is 0.346 e. The first-order valence-corrected chi connectivity index (χ1v) is 11.0. The Morgan fingerprint density at radius 3 is 2.81 bits per heavy atom. The maximum atomic E-state index is 14.0. The highest BCUT2D eigenvalue weighted by Crippen LogP contribution is 2.37. The second-order valence-corrected chi connectivity index (χ2v) is 8.86. The van der Waals surface area contributed by atoms with Gasteiger partial charge in [0.1, 0.15) is 39.5 Å². The number of amides is 1. The summed E-state index contributed by atoms with van der Waals surface area (Å²) in [6.07, 6.45) is 3.43. The van der Waals surface area contributed by atoms with Crippen LogP contribution in [0.2, 0.25) is 0 Å². The van der Waals surface area contributed by atoms with E-state index in [0.29, 0.717) is 39.5 Å². The van der Waals surface area contributed by atoms with Crippen LogP contribution in [0.25, 0.3) is 10.2 Å². The van der Waals surface area contributed by atoms with Crippen LogP contribution in [-0.4, -0.2) is 51.0 Å². The van der Waals surface area contributed by atoms with Crippen LogP contribution >= 0.6 is 11.3 Å². The van der Waals surface area contributed by atoms with E-state index in [2.05, 4.69) is 15.3 Å². The summed E-state index contributed by atoms with van der Waals surface area (Å²) in [5.74, 6) is -0.696. The first kappa shape index (κ1) is 21.9. The van der Waals surface area contributed by atoms with Gasteiger partial charge in [0.2, 0.25) is 5.91 Å². The highest BCUT2D eigenvalue weighted by molar-refractivity contribution is 7.20. The number of aromatic nitrogens is 2. The van der Waals surface area contributed by atoms with Crippen LogP contribution in [-0.2, 0) is 4.79 Å². The van der Waals surface area contributed by atoms with Crippen LogP contribution in [0, 0.1) is 12.7 Å². The molecule has 8 nitrogen and oxygen atoms in total. The third-order valence-corrected chi connectivity index (χ3v) is 7.00. The quantitative estimate of drug-likeness (QED) is 0.565. The summed E-state index contributed by atoms with van der Waals surface area (Å²) in [5.41, 5.74) is 1.08. The number of halogens is 1. The fourth-order valence-corrected chi connectivity index (χ4v) is 5.00. The van der Waals surface area contributed by atoms with Gasteiger partial charge < -0.3 is 20.1 Å². The molecule has 3 aromatic rings. The van der Waals surface area contributed by atoms with E-state index in [1.54, 1.807) is 24.9 Å². The molecule has 2 atom stereocenters. The van der Waals surface area contributed by atoms with Crippen molar-refractivity contribution < 1.29 is 23.8 Å². The molecular formula is C22H23FN4O4S. The molecule has 0 spiro atoms. The van der Waals surface area contributed by atoms with E-state index in [1.165, 1.54) is 25.4 Å². The maximum Gasteiger partial charge on any atom is 0.346 e. The summed E-state index contributed by atoms with van der Waals surface area (Å²) < 4.78 is 20.2. The Morgan fingerprint density at radius 2 is 2.09 bits per heavy atom. The zero-order valence-corrected chi connectivity index (χ0v) is 18.7. The lowest BCUT2D eigenvalue weighted by atomic mass is 10.2. The minimum absolute atomic E-state index is 0.00315. The van der Waals surface area contributed by atoms with Gasteiger partial charge in [-0.15, -0.1) is 11.3 Å². The van der Waals surface area contributed by atoms with E-state index in [-0.39, 0.29) is 22.9 Å². The van der Waals surface area contributed by atoms with Crippen molar-refractivity contribution in [1.82, 2.24) is 14.9 Å². The van der Waals surface area contributed by atoms with Gasteiger partial charge in [0.25, 0.3) is 0 Å². The molecule has 2 unspecified atom stereocenters. The van der Waals surface area contributed by atoms with Gasteiger partial charge in [0, 0.05) is 32.5 Å². The van der Waals surface area contributed by atoms with E-state index in [0.717, 1.165) is 24.2 Å². The highest BCUT2D eigenvalue weighted by Gasteiger charge is 2.30. The van der Waals surface area contributed by atoms with Crippen molar-refractivity contribution in [1.29, 1.82) is 0 Å². The van der Waals surface area contributed by atoms with Crippen molar-refractivity contribution in [2.24, 2.45) is 0 Å². The lowest BCUT2D eigenvalue weighted by Crippen LogP contribution is -2.34. The molecule has 0 saturated heterocycles. The van der Waals surface area contributed by atoms with Crippen molar-refractivity contribution in [2.75, 3.05) is 12.4 Å². The van der Waals surface area contributed by atoms with Gasteiger partial charge in [-0.1, -0.05) is 0 Å². The molecule has 1 saturated carbocycles. The number of carboxylic acids is 1. The van der Waals surface area contributed by atoms with Crippen molar-refractivity contribution in [2.45, 2.75) is 45.3 Å². The lowest BCUT2D eigenvalue weighted by molar-refractivity contribution is -0.129. The second-order valence-electron chi connectivity index (χ2n) is 7.87. The molecule has 10 heteroatoms. The Hall–Kier alpha value is -3.27. The Bertz CT molecular complexity index is 1200. The number of carbonyl (C=O) groups is 2. The number of fused-ring (bicyclic) bond motifs is 1. The normalized spacial score (nSPS) is 18.0. The molecule has 2 N–H and O–H groups in total. The van der Waals surface area contributed by atoms with Gasteiger partial charge in [-0.25, -0.2) is 19.2 Å². The minimum atomic E-state index is -1.02. The molecule has 2 aromatic heterocycles. The first-order valence-electron chi connectivity index (χ1n) is 10.2. The predicted molar refractivity (Wildman–Crippen MR) is 119 cm³/mol. The third kappa shape index (κ3) is 4.22. The Morgan fingerprint density at radius 1 is 1.31 bits per heavy atom. The zero-order valence-electron chi connectivity index (χ0n) is 17.9. The highest BCUT2D eigenvalue weighted by atomic mass is 32.1. The molecule has 168 valence electrons. The van der Waals surface area contributed by atoms with Gasteiger partial charge >= 0.3 is 5.97 Å². The average Bonchev–Trinajstić information content (AvgIpc) is 3.34. The minimum Gasteiger partial charge on any atom is -0.488 e. The van der Waals surface area contributed by atoms with E-state index in [1.807, 2.05) is 0 Å². The maximum absolute atomic E-state index is 14.0. The number of hydrogen-bond acceptors (Lipinski definition) is 7. The largest absolute Gasteiger partial charge is 0.488 e. The Kier molecular flexibility index (Phi) is 5.96.